The van der Waals surface area contributed by atoms with Gasteiger partial charge in [-0.3, -0.25) is 4.40 Å². The van der Waals surface area contributed by atoms with Gasteiger partial charge < -0.3 is 10.4 Å². The van der Waals surface area contributed by atoms with Crippen molar-refractivity contribution in [1.29, 1.82) is 0 Å². The molecule has 2 aromatic heterocycles. The Morgan fingerprint density at radius 1 is 1.47 bits per heavy atom. The van der Waals surface area contributed by atoms with Gasteiger partial charge in [0, 0.05) is 23.5 Å². The molecule has 1 fully saturated rings. The van der Waals surface area contributed by atoms with E-state index in [1.165, 1.54) is 12.8 Å². The highest BCUT2D eigenvalue weighted by Crippen LogP contribution is 2.26. The Morgan fingerprint density at radius 2 is 2.32 bits per heavy atom. The van der Waals surface area contributed by atoms with Crippen LogP contribution in [-0.2, 0) is 0 Å². The largest absolute Gasteiger partial charge is 0.394 e. The fourth-order valence-electron chi connectivity index (χ4n) is 2.00. The molecule has 0 aliphatic heterocycles. The van der Waals surface area contributed by atoms with Gasteiger partial charge in [-0.1, -0.05) is 17.8 Å². The molecule has 0 amide bonds. The first-order valence-corrected chi connectivity index (χ1v) is 7.50. The highest BCUT2D eigenvalue weighted by molar-refractivity contribution is 7.99. The fourth-order valence-corrected chi connectivity index (χ4v) is 3.01. The predicted molar refractivity (Wildman–Crippen MR) is 75.4 cm³/mol. The first-order valence-electron chi connectivity index (χ1n) is 6.51. The lowest BCUT2D eigenvalue weighted by atomic mass is 10.1. The number of rotatable bonds is 6. The lowest BCUT2D eigenvalue weighted by Gasteiger charge is -2.28. The van der Waals surface area contributed by atoms with Crippen molar-refractivity contribution < 1.29 is 5.11 Å². The van der Waals surface area contributed by atoms with Gasteiger partial charge >= 0.3 is 0 Å². The van der Waals surface area contributed by atoms with Gasteiger partial charge in [-0.25, -0.2) is 0 Å². The van der Waals surface area contributed by atoms with Gasteiger partial charge in [-0.15, -0.1) is 10.2 Å². The third-order valence-electron chi connectivity index (χ3n) is 3.28. The molecule has 0 bridgehead atoms. The van der Waals surface area contributed by atoms with E-state index in [0.717, 1.165) is 16.6 Å². The molecular formula is C13H18N4OS. The summed E-state index contributed by atoms with van der Waals surface area (Å²) in [6.45, 7) is 2.19. The van der Waals surface area contributed by atoms with Crippen LogP contribution < -0.4 is 5.32 Å². The third-order valence-corrected chi connectivity index (χ3v) is 4.60. The number of hydrogen-bond donors (Lipinski definition) is 2. The zero-order valence-electron chi connectivity index (χ0n) is 10.9. The summed E-state index contributed by atoms with van der Waals surface area (Å²) in [5.41, 5.74) is 0.595. The quantitative estimate of drug-likeness (QED) is 0.780. The Morgan fingerprint density at radius 3 is 3.05 bits per heavy atom. The molecule has 102 valence electrons. The summed E-state index contributed by atoms with van der Waals surface area (Å²) >= 11 is 1.62. The van der Waals surface area contributed by atoms with E-state index < -0.39 is 0 Å². The topological polar surface area (TPSA) is 62.5 Å². The van der Waals surface area contributed by atoms with E-state index in [9.17, 15) is 5.11 Å². The number of aliphatic hydroxyl groups excluding tert-OH is 1. The fraction of sp³-hybridized carbons (Fsp3) is 0.538. The maximum atomic E-state index is 9.59. The number of aromatic nitrogens is 3. The Labute approximate surface area is 116 Å². The standard InChI is InChI=1S/C13H18N4OS/c1-13(8-18,14-10-5-6-10)9-19-12-16-15-11-4-2-3-7-17(11)12/h2-4,7,10,14,18H,5-6,8-9H2,1H3. The van der Waals surface area contributed by atoms with E-state index in [-0.39, 0.29) is 12.1 Å². The average molecular weight is 278 g/mol. The van der Waals surface area contributed by atoms with E-state index in [2.05, 4.69) is 22.4 Å². The van der Waals surface area contributed by atoms with E-state index in [0.29, 0.717) is 6.04 Å². The molecule has 6 heteroatoms. The van der Waals surface area contributed by atoms with Crippen molar-refractivity contribution in [2.75, 3.05) is 12.4 Å². The second-order valence-electron chi connectivity index (χ2n) is 5.34. The van der Waals surface area contributed by atoms with Crippen LogP contribution in [0.5, 0.6) is 0 Å². The van der Waals surface area contributed by atoms with Crippen LogP contribution in [-0.4, -0.2) is 43.6 Å². The van der Waals surface area contributed by atoms with E-state index in [4.69, 9.17) is 0 Å². The SMILES string of the molecule is CC(CO)(CSc1nnc2ccccn12)NC1CC1. The highest BCUT2D eigenvalue weighted by atomic mass is 32.2. The van der Waals surface area contributed by atoms with Gasteiger partial charge in [0.15, 0.2) is 10.8 Å². The Kier molecular flexibility index (Phi) is 3.47. The predicted octanol–water partition coefficient (Wildman–Crippen LogP) is 1.32. The number of pyridine rings is 1. The second kappa shape index (κ2) is 5.11. The molecule has 2 N–H and O–H groups in total. The molecule has 0 aromatic carbocycles. The maximum Gasteiger partial charge on any atom is 0.195 e. The van der Waals surface area contributed by atoms with Crippen molar-refractivity contribution in [3.63, 3.8) is 0 Å². The van der Waals surface area contributed by atoms with Crippen LogP contribution in [0.2, 0.25) is 0 Å². The summed E-state index contributed by atoms with van der Waals surface area (Å²) in [5.74, 6) is 0.773. The molecule has 0 spiro atoms. The number of hydrogen-bond acceptors (Lipinski definition) is 5. The molecule has 1 saturated carbocycles. The smallest absolute Gasteiger partial charge is 0.195 e. The molecule has 5 nitrogen and oxygen atoms in total. The van der Waals surface area contributed by atoms with Crippen molar-refractivity contribution in [3.05, 3.63) is 24.4 Å². The Balaban J connectivity index is 1.70. The lowest BCUT2D eigenvalue weighted by Crippen LogP contribution is -2.49. The molecule has 0 saturated heterocycles. The molecule has 0 radical (unpaired) electrons. The monoisotopic (exact) mass is 278 g/mol. The first-order chi connectivity index (χ1) is 9.20. The van der Waals surface area contributed by atoms with Crippen LogP contribution >= 0.6 is 11.8 Å². The van der Waals surface area contributed by atoms with E-state index in [1.807, 2.05) is 28.8 Å². The third kappa shape index (κ3) is 2.91. The summed E-state index contributed by atoms with van der Waals surface area (Å²) in [6.07, 6.45) is 4.39. The molecule has 2 heterocycles. The van der Waals surface area contributed by atoms with Crippen LogP contribution in [0, 0.1) is 0 Å². The molecule has 1 atom stereocenters. The highest BCUT2D eigenvalue weighted by Gasteiger charge is 2.32. The minimum absolute atomic E-state index is 0.132. The van der Waals surface area contributed by atoms with Crippen molar-refractivity contribution in [1.82, 2.24) is 19.9 Å². The Bertz CT molecular complexity index is 569. The summed E-state index contributed by atoms with van der Waals surface area (Å²) in [5, 5.41) is 22.3. The van der Waals surface area contributed by atoms with Gasteiger partial charge in [0.1, 0.15) is 0 Å². The first kappa shape index (κ1) is 12.9. The van der Waals surface area contributed by atoms with Crippen molar-refractivity contribution in [2.45, 2.75) is 36.5 Å². The van der Waals surface area contributed by atoms with E-state index in [1.54, 1.807) is 11.8 Å². The van der Waals surface area contributed by atoms with Gasteiger partial charge in [-0.2, -0.15) is 0 Å². The minimum Gasteiger partial charge on any atom is -0.394 e. The number of fused-ring (bicyclic) bond motifs is 1. The van der Waals surface area contributed by atoms with Gasteiger partial charge in [-0.05, 0) is 31.9 Å². The summed E-state index contributed by atoms with van der Waals surface area (Å²) < 4.78 is 1.97. The summed E-state index contributed by atoms with van der Waals surface area (Å²) in [4.78, 5) is 0. The van der Waals surface area contributed by atoms with Gasteiger partial charge in [0.05, 0.1) is 6.61 Å². The van der Waals surface area contributed by atoms with Crippen LogP contribution in [0.15, 0.2) is 29.6 Å². The van der Waals surface area contributed by atoms with Gasteiger partial charge in [0.2, 0.25) is 0 Å². The van der Waals surface area contributed by atoms with Crippen LogP contribution in [0.3, 0.4) is 0 Å². The molecule has 3 rings (SSSR count). The van der Waals surface area contributed by atoms with Crippen LogP contribution in [0.1, 0.15) is 19.8 Å². The summed E-state index contributed by atoms with van der Waals surface area (Å²) in [6, 6.07) is 6.43. The number of nitrogens with one attached hydrogen (secondary N) is 1. The number of nitrogens with zero attached hydrogens (tertiary/aromatic N) is 3. The molecular weight excluding hydrogens is 260 g/mol. The van der Waals surface area contributed by atoms with Crippen molar-refractivity contribution in [2.24, 2.45) is 0 Å². The number of aliphatic hydroxyl groups is 1. The summed E-state index contributed by atoms with van der Waals surface area (Å²) in [7, 11) is 0. The van der Waals surface area contributed by atoms with Crippen LogP contribution in [0.25, 0.3) is 5.65 Å². The van der Waals surface area contributed by atoms with Crippen LogP contribution in [0.4, 0.5) is 0 Å². The molecule has 1 unspecified atom stereocenters. The van der Waals surface area contributed by atoms with E-state index >= 15 is 0 Å². The maximum absolute atomic E-state index is 9.59. The average Bonchev–Trinajstić information content (AvgIpc) is 3.14. The second-order valence-corrected chi connectivity index (χ2v) is 6.28. The Hall–Kier alpha value is -1.11. The zero-order chi connectivity index (χ0) is 13.3. The molecule has 2 aromatic rings. The zero-order valence-corrected chi connectivity index (χ0v) is 11.7. The molecule has 1 aliphatic rings. The lowest BCUT2D eigenvalue weighted by molar-refractivity contribution is 0.190. The number of thioether (sulfide) groups is 1. The van der Waals surface area contributed by atoms with Crippen molar-refractivity contribution >= 4 is 17.4 Å². The molecule has 19 heavy (non-hydrogen) atoms. The van der Waals surface area contributed by atoms with Gasteiger partial charge in [0.25, 0.3) is 0 Å². The minimum atomic E-state index is -0.257. The normalized spacial score (nSPS) is 18.6. The van der Waals surface area contributed by atoms with Crippen molar-refractivity contribution in [3.8, 4) is 0 Å². The molecule has 1 aliphatic carbocycles.